The Labute approximate surface area is 357 Å². The normalized spacial score (nSPS) is 12.1. The zero-order chi connectivity index (χ0) is 42.7. The summed E-state index contributed by atoms with van der Waals surface area (Å²) in [7, 11) is 0. The highest BCUT2D eigenvalue weighted by Gasteiger charge is 2.24. The van der Waals surface area contributed by atoms with Crippen LogP contribution in [0.2, 0.25) is 0 Å². The third kappa shape index (κ3) is 12.4. The van der Waals surface area contributed by atoms with Crippen molar-refractivity contribution in [2.75, 3.05) is 26.4 Å². The molecule has 0 amide bonds. The van der Waals surface area contributed by atoms with Gasteiger partial charge in [-0.1, -0.05) is 79.1 Å². The summed E-state index contributed by atoms with van der Waals surface area (Å²) in [5.41, 5.74) is 8.38. The van der Waals surface area contributed by atoms with E-state index in [1.54, 1.807) is 0 Å². The van der Waals surface area contributed by atoms with Gasteiger partial charge in [0.1, 0.15) is 48.1 Å². The predicted molar refractivity (Wildman–Crippen MR) is 239 cm³/mol. The maximum Gasteiger partial charge on any atom is 0.150 e. The highest BCUT2D eigenvalue weighted by molar-refractivity contribution is 5.80. The van der Waals surface area contributed by atoms with Crippen LogP contribution in [0.15, 0.2) is 48.5 Å². The van der Waals surface area contributed by atoms with Gasteiger partial charge in [0, 0.05) is 47.9 Å². The molecule has 320 valence electrons. The molecule has 5 rings (SSSR count). The molecule has 1 aliphatic carbocycles. The zero-order valence-electron chi connectivity index (χ0n) is 36.3. The van der Waals surface area contributed by atoms with E-state index in [0.717, 1.165) is 147 Å². The van der Waals surface area contributed by atoms with Crippen LogP contribution >= 0.6 is 0 Å². The molecular weight excluding hydrogens is 753 g/mol. The van der Waals surface area contributed by atoms with Gasteiger partial charge in [-0.3, -0.25) is 19.2 Å². The molecule has 0 aromatic heterocycles. The van der Waals surface area contributed by atoms with Gasteiger partial charge in [0.15, 0.2) is 0 Å². The average Bonchev–Trinajstić information content (AvgIpc) is 3.25. The summed E-state index contributed by atoms with van der Waals surface area (Å²) in [4.78, 5) is 50.7. The van der Waals surface area contributed by atoms with Gasteiger partial charge in [-0.15, -0.1) is 0 Å². The number of fused-ring (bicyclic) bond motifs is 8. The number of ether oxygens (including phenoxy) is 4. The molecule has 0 radical (unpaired) electrons. The second-order valence-electron chi connectivity index (χ2n) is 16.1. The van der Waals surface area contributed by atoms with Crippen LogP contribution in [0.3, 0.4) is 0 Å². The van der Waals surface area contributed by atoms with Gasteiger partial charge in [0.25, 0.3) is 0 Å². The van der Waals surface area contributed by atoms with E-state index in [4.69, 9.17) is 18.9 Å². The number of carbonyl (C=O) groups is 4. The SMILES string of the molecule is CCCCCOc1c2cc(C=O)cc1Cc1cc(C=O)cc(c1OCCCCC)Cc1cc(C=O)cc(c1OCCCCC)Cc1cc(C=O)cc(c1OCCCCC)C2. The maximum absolute atomic E-state index is 12.7. The Balaban J connectivity index is 1.85. The Kier molecular flexibility index (Phi) is 18.4. The lowest BCUT2D eigenvalue weighted by Gasteiger charge is -2.24. The standard InChI is InChI=1S/C52H64O8/c1-5-9-13-17-57-49-41-21-37(33-53)22-42(49)30-44-24-39(35-55)26-46(51(44)59-19-15-11-7-3)32-48-28-40(36-56)27-47(52(48)60-20-16-12-8-4)31-45-25-38(34-54)23-43(29-41)50(45)58-18-14-10-6-2/h21-28,33-36H,5-20,29-32H2,1-4H3. The van der Waals surface area contributed by atoms with Crippen molar-refractivity contribution >= 4 is 25.1 Å². The van der Waals surface area contributed by atoms with E-state index in [2.05, 4.69) is 27.7 Å². The molecule has 1 aliphatic rings. The monoisotopic (exact) mass is 816 g/mol. The molecule has 0 fully saturated rings. The van der Waals surface area contributed by atoms with Crippen molar-refractivity contribution in [3.05, 3.63) is 115 Å². The van der Waals surface area contributed by atoms with Gasteiger partial charge < -0.3 is 18.9 Å². The van der Waals surface area contributed by atoms with E-state index >= 15 is 0 Å². The van der Waals surface area contributed by atoms with Gasteiger partial charge in [-0.05, 0) is 119 Å². The second-order valence-corrected chi connectivity index (χ2v) is 16.1. The lowest BCUT2D eigenvalue weighted by atomic mass is 9.88. The van der Waals surface area contributed by atoms with Gasteiger partial charge in [0.2, 0.25) is 0 Å². The fourth-order valence-electron chi connectivity index (χ4n) is 8.12. The lowest BCUT2D eigenvalue weighted by molar-refractivity contribution is 0.111. The molecule has 0 saturated carbocycles. The summed E-state index contributed by atoms with van der Waals surface area (Å²) in [6.07, 6.45) is 16.4. The van der Waals surface area contributed by atoms with E-state index in [-0.39, 0.29) is 0 Å². The van der Waals surface area contributed by atoms with E-state index in [0.29, 0.717) is 97.4 Å². The van der Waals surface area contributed by atoms with Crippen LogP contribution in [0, 0.1) is 0 Å². The van der Waals surface area contributed by atoms with E-state index in [1.165, 1.54) is 0 Å². The number of benzene rings is 4. The van der Waals surface area contributed by atoms with Gasteiger partial charge in [0.05, 0.1) is 26.4 Å². The van der Waals surface area contributed by atoms with Gasteiger partial charge in [-0.25, -0.2) is 0 Å². The molecule has 0 aliphatic heterocycles. The molecule has 0 unspecified atom stereocenters. The van der Waals surface area contributed by atoms with Crippen LogP contribution < -0.4 is 18.9 Å². The Morgan fingerprint density at radius 2 is 0.517 bits per heavy atom. The number of rotatable bonds is 24. The fraction of sp³-hybridized carbons (Fsp3) is 0.462. The Hall–Kier alpha value is -5.24. The number of unbranched alkanes of at least 4 members (excludes halogenated alkanes) is 8. The topological polar surface area (TPSA) is 105 Å². The maximum atomic E-state index is 12.7. The largest absolute Gasteiger partial charge is 0.493 e. The molecular formula is C52H64O8. The van der Waals surface area contributed by atoms with E-state index in [9.17, 15) is 19.2 Å². The summed E-state index contributed by atoms with van der Waals surface area (Å²) in [5.74, 6) is 2.71. The van der Waals surface area contributed by atoms with E-state index < -0.39 is 0 Å². The number of hydrogen-bond acceptors (Lipinski definition) is 8. The Bertz CT molecular complexity index is 1680. The van der Waals surface area contributed by atoms with Crippen LogP contribution in [0.4, 0.5) is 0 Å². The van der Waals surface area contributed by atoms with E-state index in [1.807, 2.05) is 48.5 Å². The average molecular weight is 817 g/mol. The van der Waals surface area contributed by atoms with Crippen molar-refractivity contribution in [3.8, 4) is 23.0 Å². The summed E-state index contributed by atoms with van der Waals surface area (Å²) in [5, 5.41) is 0. The smallest absolute Gasteiger partial charge is 0.150 e. The molecule has 0 heterocycles. The third-order valence-electron chi connectivity index (χ3n) is 11.1. The molecule has 8 nitrogen and oxygen atoms in total. The van der Waals surface area contributed by atoms with Crippen molar-refractivity contribution in [1.29, 1.82) is 0 Å². The first-order chi connectivity index (χ1) is 29.4. The number of carbonyl (C=O) groups excluding carboxylic acids is 4. The van der Waals surface area contributed by atoms with Crippen LogP contribution in [0.25, 0.3) is 0 Å². The second kappa shape index (κ2) is 24.1. The minimum absolute atomic E-state index is 0.329. The summed E-state index contributed by atoms with van der Waals surface area (Å²) >= 11 is 0. The van der Waals surface area contributed by atoms with Crippen LogP contribution in [0.1, 0.15) is 191 Å². The molecule has 0 saturated heterocycles. The first-order valence-electron chi connectivity index (χ1n) is 22.3. The third-order valence-corrected chi connectivity index (χ3v) is 11.1. The van der Waals surface area contributed by atoms with Crippen molar-refractivity contribution in [2.24, 2.45) is 0 Å². The predicted octanol–water partition coefficient (Wildman–Crippen LogP) is 11.9. The van der Waals surface area contributed by atoms with Crippen molar-refractivity contribution in [3.63, 3.8) is 0 Å². The summed E-state index contributed by atoms with van der Waals surface area (Å²) in [6, 6.07) is 15.0. The molecule has 8 heteroatoms. The highest BCUT2D eigenvalue weighted by Crippen LogP contribution is 2.41. The van der Waals surface area contributed by atoms with Gasteiger partial charge >= 0.3 is 0 Å². The first-order valence-corrected chi connectivity index (χ1v) is 22.3. The van der Waals surface area contributed by atoms with Gasteiger partial charge in [-0.2, -0.15) is 0 Å². The molecule has 0 atom stereocenters. The summed E-state index contributed by atoms with van der Waals surface area (Å²) in [6.45, 7) is 10.6. The van der Waals surface area contributed by atoms with Crippen LogP contribution in [0.5, 0.6) is 23.0 Å². The first kappa shape index (κ1) is 45.8. The highest BCUT2D eigenvalue weighted by atomic mass is 16.5. The molecule has 0 N–H and O–H groups in total. The van der Waals surface area contributed by atoms with Crippen LogP contribution in [-0.4, -0.2) is 51.6 Å². The zero-order valence-corrected chi connectivity index (χ0v) is 36.3. The molecule has 8 bridgehead atoms. The van der Waals surface area contributed by atoms with Crippen LogP contribution in [-0.2, 0) is 25.7 Å². The molecule has 4 aromatic carbocycles. The summed E-state index contributed by atoms with van der Waals surface area (Å²) < 4.78 is 26.9. The number of aldehydes is 4. The Morgan fingerprint density at radius 3 is 0.667 bits per heavy atom. The number of hydrogen-bond donors (Lipinski definition) is 0. The van der Waals surface area contributed by atoms with Crippen molar-refractivity contribution in [2.45, 2.75) is 130 Å². The fourth-order valence-corrected chi connectivity index (χ4v) is 8.12. The molecule has 60 heavy (non-hydrogen) atoms. The quantitative estimate of drug-likeness (QED) is 0.0448. The molecule has 0 spiro atoms. The minimum Gasteiger partial charge on any atom is -0.493 e. The molecule has 4 aromatic rings. The van der Waals surface area contributed by atoms with Crippen molar-refractivity contribution < 1.29 is 38.1 Å². The Morgan fingerprint density at radius 1 is 0.333 bits per heavy atom. The lowest BCUT2D eigenvalue weighted by Crippen LogP contribution is -2.12. The van der Waals surface area contributed by atoms with Crippen molar-refractivity contribution in [1.82, 2.24) is 0 Å². The minimum atomic E-state index is 0.329.